The lowest BCUT2D eigenvalue weighted by atomic mass is 9.88. The molecule has 1 unspecified atom stereocenters. The Bertz CT molecular complexity index is 1610. The van der Waals surface area contributed by atoms with E-state index in [0.29, 0.717) is 12.1 Å². The maximum absolute atomic E-state index is 14.1. The van der Waals surface area contributed by atoms with Crippen molar-refractivity contribution >= 4 is 21.8 Å². The van der Waals surface area contributed by atoms with Gasteiger partial charge in [0.15, 0.2) is 0 Å². The number of anilines is 1. The fourth-order valence-corrected chi connectivity index (χ4v) is 7.11. The third kappa shape index (κ3) is 11.8. The second kappa shape index (κ2) is 17.8. The summed E-state index contributed by atoms with van der Waals surface area (Å²) in [5.74, 6) is 0. The zero-order chi connectivity index (χ0) is 34.4. The molecule has 4 aromatic rings. The van der Waals surface area contributed by atoms with Crippen LogP contribution in [0, 0.1) is 5.41 Å². The number of carbonyl (C=O) groups is 1. The second-order valence-corrected chi connectivity index (χ2v) is 14.7. The van der Waals surface area contributed by atoms with E-state index >= 15 is 0 Å². The van der Waals surface area contributed by atoms with Crippen LogP contribution in [0.15, 0.2) is 120 Å². The maximum atomic E-state index is 14.1. The Hall–Kier alpha value is -4.22. The molecule has 4 rings (SSSR count). The van der Waals surface area contributed by atoms with Crippen LogP contribution in [0.3, 0.4) is 0 Å². The average molecular weight is 673 g/mol. The molecule has 48 heavy (non-hydrogen) atoms. The van der Waals surface area contributed by atoms with E-state index in [9.17, 15) is 18.3 Å². The standard InChI is InChI=1S/C38H48N4O5S/c1-38(2,22-23-41(26-31-14-7-4-8-15-31)27-32-16-9-5-10-17-32)30-42(48(45,46)36-21-13-20-34(24-36)39-3)28-35(43)25-40-37(44)47-29-33-18-11-6-12-19-33/h4-21,24,35,39,43H,22-23,25-30H2,1-3H3,(H,40,44). The van der Waals surface area contributed by atoms with Crippen molar-refractivity contribution in [3.05, 3.63) is 132 Å². The van der Waals surface area contributed by atoms with Crippen molar-refractivity contribution < 1.29 is 23.1 Å². The molecule has 0 saturated carbocycles. The Morgan fingerprint density at radius 3 is 1.96 bits per heavy atom. The summed E-state index contributed by atoms with van der Waals surface area (Å²) >= 11 is 0. The van der Waals surface area contributed by atoms with Crippen molar-refractivity contribution in [3.63, 3.8) is 0 Å². The van der Waals surface area contributed by atoms with Crippen LogP contribution < -0.4 is 10.6 Å². The minimum Gasteiger partial charge on any atom is -0.445 e. The van der Waals surface area contributed by atoms with E-state index in [1.807, 2.05) is 80.6 Å². The van der Waals surface area contributed by atoms with E-state index in [-0.39, 0.29) is 31.1 Å². The molecular formula is C38H48N4O5S. The fourth-order valence-electron chi connectivity index (χ4n) is 5.40. The van der Waals surface area contributed by atoms with E-state index in [1.54, 1.807) is 31.3 Å². The summed E-state index contributed by atoms with van der Waals surface area (Å²) in [4.78, 5) is 14.9. The molecule has 3 N–H and O–H groups in total. The zero-order valence-electron chi connectivity index (χ0n) is 28.1. The summed E-state index contributed by atoms with van der Waals surface area (Å²) in [6.45, 7) is 6.24. The van der Waals surface area contributed by atoms with Gasteiger partial charge in [-0.2, -0.15) is 4.31 Å². The maximum Gasteiger partial charge on any atom is 0.407 e. The monoisotopic (exact) mass is 672 g/mol. The van der Waals surface area contributed by atoms with Gasteiger partial charge in [-0.3, -0.25) is 4.90 Å². The number of alkyl carbamates (subject to hydrolysis) is 1. The highest BCUT2D eigenvalue weighted by Gasteiger charge is 2.33. The van der Waals surface area contributed by atoms with Gasteiger partial charge >= 0.3 is 6.09 Å². The topological polar surface area (TPSA) is 111 Å². The van der Waals surface area contributed by atoms with Gasteiger partial charge in [-0.1, -0.05) is 111 Å². The Morgan fingerprint density at radius 1 is 0.833 bits per heavy atom. The first-order valence-corrected chi connectivity index (χ1v) is 17.7. The van der Waals surface area contributed by atoms with E-state index in [4.69, 9.17) is 4.74 Å². The first-order chi connectivity index (χ1) is 23.0. The Balaban J connectivity index is 1.46. The van der Waals surface area contributed by atoms with Gasteiger partial charge in [0, 0.05) is 45.5 Å². The zero-order valence-corrected chi connectivity index (χ0v) is 28.9. The number of sulfonamides is 1. The minimum atomic E-state index is -4.01. The molecule has 256 valence electrons. The molecule has 0 bridgehead atoms. The smallest absolute Gasteiger partial charge is 0.407 e. The average Bonchev–Trinajstić information content (AvgIpc) is 3.10. The molecule has 0 aliphatic heterocycles. The van der Waals surface area contributed by atoms with Crippen LogP contribution >= 0.6 is 0 Å². The number of carbonyl (C=O) groups excluding carboxylic acids is 1. The molecule has 0 aliphatic carbocycles. The summed E-state index contributed by atoms with van der Waals surface area (Å²) in [6.07, 6.45) is -1.15. The predicted molar refractivity (Wildman–Crippen MR) is 191 cm³/mol. The molecule has 9 nitrogen and oxygen atoms in total. The van der Waals surface area contributed by atoms with Crippen molar-refractivity contribution in [2.75, 3.05) is 38.5 Å². The van der Waals surface area contributed by atoms with Crippen molar-refractivity contribution in [1.29, 1.82) is 0 Å². The van der Waals surface area contributed by atoms with Gasteiger partial charge < -0.3 is 20.5 Å². The Labute approximate surface area is 285 Å². The molecule has 0 fully saturated rings. The number of aliphatic hydroxyl groups is 1. The van der Waals surface area contributed by atoms with Crippen LogP contribution in [-0.2, 0) is 34.5 Å². The molecule has 0 radical (unpaired) electrons. The molecular weight excluding hydrogens is 625 g/mol. The van der Waals surface area contributed by atoms with Gasteiger partial charge in [-0.25, -0.2) is 13.2 Å². The van der Waals surface area contributed by atoms with Crippen LogP contribution in [0.4, 0.5) is 10.5 Å². The molecule has 4 aromatic carbocycles. The molecule has 1 atom stereocenters. The number of nitrogens with zero attached hydrogens (tertiary/aromatic N) is 2. The number of benzene rings is 4. The molecule has 0 aromatic heterocycles. The molecule has 0 spiro atoms. The number of aliphatic hydroxyl groups excluding tert-OH is 1. The van der Waals surface area contributed by atoms with Crippen LogP contribution in [-0.4, -0.2) is 68.2 Å². The summed E-state index contributed by atoms with van der Waals surface area (Å²) in [6, 6.07) is 36.5. The summed E-state index contributed by atoms with van der Waals surface area (Å²) in [7, 11) is -2.27. The lowest BCUT2D eigenvalue weighted by Crippen LogP contribution is -2.46. The van der Waals surface area contributed by atoms with Crippen molar-refractivity contribution in [2.24, 2.45) is 5.41 Å². The van der Waals surface area contributed by atoms with Gasteiger partial charge in [0.1, 0.15) is 6.61 Å². The van der Waals surface area contributed by atoms with Crippen LogP contribution in [0.25, 0.3) is 0 Å². The normalized spacial score (nSPS) is 12.5. The molecule has 10 heteroatoms. The SMILES string of the molecule is CNc1cccc(S(=O)(=O)N(CC(O)CNC(=O)OCc2ccccc2)CC(C)(C)CCN(Cc2ccccc2)Cc2ccccc2)c1. The predicted octanol–water partition coefficient (Wildman–Crippen LogP) is 6.13. The van der Waals surface area contributed by atoms with Gasteiger partial charge in [-0.05, 0) is 53.3 Å². The first kappa shape index (κ1) is 36.6. The Kier molecular flexibility index (Phi) is 13.6. The number of ether oxygens (including phenoxy) is 1. The van der Waals surface area contributed by atoms with Gasteiger partial charge in [0.25, 0.3) is 0 Å². The number of rotatable bonds is 18. The largest absolute Gasteiger partial charge is 0.445 e. The van der Waals surface area contributed by atoms with E-state index in [2.05, 4.69) is 39.8 Å². The van der Waals surface area contributed by atoms with Gasteiger partial charge in [0.2, 0.25) is 10.0 Å². The lowest BCUT2D eigenvalue weighted by molar-refractivity contribution is 0.108. The highest BCUT2D eigenvalue weighted by Crippen LogP contribution is 2.28. The minimum absolute atomic E-state index is 0.0881. The van der Waals surface area contributed by atoms with E-state index < -0.39 is 27.6 Å². The number of hydrogen-bond donors (Lipinski definition) is 3. The highest BCUT2D eigenvalue weighted by molar-refractivity contribution is 7.89. The van der Waals surface area contributed by atoms with E-state index in [1.165, 1.54) is 15.4 Å². The summed E-state index contributed by atoms with van der Waals surface area (Å²) in [5, 5.41) is 16.6. The molecule has 0 saturated heterocycles. The fraction of sp³-hybridized carbons (Fsp3) is 0.342. The summed E-state index contributed by atoms with van der Waals surface area (Å²) in [5.41, 5.74) is 3.45. The van der Waals surface area contributed by atoms with Crippen LogP contribution in [0.2, 0.25) is 0 Å². The van der Waals surface area contributed by atoms with Crippen molar-refractivity contribution in [2.45, 2.75) is 51.0 Å². The summed E-state index contributed by atoms with van der Waals surface area (Å²) < 4.78 is 34.8. The number of amides is 1. The van der Waals surface area contributed by atoms with Crippen LogP contribution in [0.1, 0.15) is 37.0 Å². The van der Waals surface area contributed by atoms with Gasteiger partial charge in [0.05, 0.1) is 11.0 Å². The third-order valence-electron chi connectivity index (χ3n) is 8.08. The highest BCUT2D eigenvalue weighted by atomic mass is 32.2. The van der Waals surface area contributed by atoms with Crippen molar-refractivity contribution in [3.8, 4) is 0 Å². The number of hydrogen-bond acceptors (Lipinski definition) is 7. The third-order valence-corrected chi connectivity index (χ3v) is 9.88. The first-order valence-electron chi connectivity index (χ1n) is 16.2. The Morgan fingerprint density at radius 2 is 1.40 bits per heavy atom. The second-order valence-electron chi connectivity index (χ2n) is 12.8. The number of nitrogens with one attached hydrogen (secondary N) is 2. The van der Waals surface area contributed by atoms with Gasteiger partial charge in [-0.15, -0.1) is 0 Å². The van der Waals surface area contributed by atoms with Crippen molar-refractivity contribution in [1.82, 2.24) is 14.5 Å². The molecule has 0 aliphatic rings. The lowest BCUT2D eigenvalue weighted by Gasteiger charge is -2.35. The van der Waals surface area contributed by atoms with E-state index in [0.717, 1.165) is 25.2 Å². The quantitative estimate of drug-likeness (QED) is 0.117. The molecule has 0 heterocycles. The van der Waals surface area contributed by atoms with Crippen LogP contribution in [0.5, 0.6) is 0 Å². The molecule has 1 amide bonds.